The quantitative estimate of drug-likeness (QED) is 0.827. The van der Waals surface area contributed by atoms with Crippen molar-refractivity contribution in [2.75, 3.05) is 11.9 Å². The summed E-state index contributed by atoms with van der Waals surface area (Å²) in [5.74, 6) is -4.83. The Labute approximate surface area is 134 Å². The molecule has 2 N–H and O–H groups in total. The Hall–Kier alpha value is -3.10. The van der Waals surface area contributed by atoms with E-state index in [1.807, 2.05) is 0 Å². The second-order valence-corrected chi connectivity index (χ2v) is 4.50. The molecular weight excluding hydrogens is 328 g/mol. The van der Waals surface area contributed by atoms with Crippen LogP contribution in [0.15, 0.2) is 22.6 Å². The normalized spacial score (nSPS) is 10.3. The van der Waals surface area contributed by atoms with Gasteiger partial charge in [-0.15, -0.1) is 0 Å². The van der Waals surface area contributed by atoms with Crippen molar-refractivity contribution in [2.24, 2.45) is 0 Å². The minimum atomic E-state index is -0.953. The van der Waals surface area contributed by atoms with Gasteiger partial charge in [0.2, 0.25) is 11.5 Å². The first kappa shape index (κ1) is 17.3. The maximum Gasteiger partial charge on any atom is 0.414 e. The largest absolute Gasteiger partial charge is 0.502 e. The highest BCUT2D eigenvalue weighted by Gasteiger charge is 2.27. The van der Waals surface area contributed by atoms with Crippen molar-refractivity contribution in [3.63, 3.8) is 0 Å². The van der Waals surface area contributed by atoms with Crippen molar-refractivity contribution < 1.29 is 37.4 Å². The smallest absolute Gasteiger partial charge is 0.414 e. The Bertz CT molecular complexity index is 787. The third-order valence-electron chi connectivity index (χ3n) is 2.75. The second-order valence-electron chi connectivity index (χ2n) is 4.50. The lowest BCUT2D eigenvalue weighted by Gasteiger charge is -2.04. The van der Waals surface area contributed by atoms with Crippen molar-refractivity contribution in [2.45, 2.75) is 13.8 Å². The van der Waals surface area contributed by atoms with E-state index in [0.29, 0.717) is 0 Å². The van der Waals surface area contributed by atoms with Gasteiger partial charge in [-0.05, 0) is 25.1 Å². The second kappa shape index (κ2) is 6.99. The van der Waals surface area contributed by atoms with Crippen LogP contribution < -0.4 is 10.1 Å². The van der Waals surface area contributed by atoms with Crippen LogP contribution in [0.1, 0.15) is 13.8 Å². The van der Waals surface area contributed by atoms with Gasteiger partial charge < -0.3 is 19.0 Å². The summed E-state index contributed by atoms with van der Waals surface area (Å²) in [6, 6.07) is 2.49. The van der Waals surface area contributed by atoms with Gasteiger partial charge in [0.15, 0.2) is 5.76 Å². The topological polar surface area (TPSA) is 98.0 Å². The Morgan fingerprint density at radius 1 is 1.33 bits per heavy atom. The third kappa shape index (κ3) is 3.62. The van der Waals surface area contributed by atoms with Crippen molar-refractivity contribution in [1.82, 2.24) is 0 Å². The SMILES string of the molecule is CCOC(=O)Nc1oc(-c2cc(F)ccc2F)c(O)c1OC(C)=O. The summed E-state index contributed by atoms with van der Waals surface area (Å²) in [6.45, 7) is 2.65. The van der Waals surface area contributed by atoms with Crippen LogP contribution in [-0.4, -0.2) is 23.8 Å². The Morgan fingerprint density at radius 2 is 2.04 bits per heavy atom. The number of esters is 1. The summed E-state index contributed by atoms with van der Waals surface area (Å²) < 4.78 is 41.7. The predicted molar refractivity (Wildman–Crippen MR) is 77.7 cm³/mol. The number of aromatic hydroxyl groups is 1. The molecule has 1 aromatic heterocycles. The summed E-state index contributed by atoms with van der Waals surface area (Å²) in [4.78, 5) is 22.6. The fourth-order valence-electron chi connectivity index (χ4n) is 1.84. The first-order valence-electron chi connectivity index (χ1n) is 6.76. The maximum absolute atomic E-state index is 13.9. The van der Waals surface area contributed by atoms with Crippen molar-refractivity contribution in [1.29, 1.82) is 0 Å². The van der Waals surface area contributed by atoms with Crippen LogP contribution in [0.4, 0.5) is 19.5 Å². The summed E-state index contributed by atoms with van der Waals surface area (Å²) >= 11 is 0. The number of hydrogen-bond acceptors (Lipinski definition) is 6. The summed E-state index contributed by atoms with van der Waals surface area (Å²) in [6.07, 6.45) is -0.953. The molecule has 1 aromatic carbocycles. The van der Waals surface area contributed by atoms with Gasteiger partial charge in [0.25, 0.3) is 5.88 Å². The van der Waals surface area contributed by atoms with Crippen LogP contribution in [0.25, 0.3) is 11.3 Å². The number of hydrogen-bond donors (Lipinski definition) is 2. The average Bonchev–Trinajstić information content (AvgIpc) is 2.78. The zero-order valence-electron chi connectivity index (χ0n) is 12.7. The molecule has 0 saturated heterocycles. The zero-order valence-corrected chi connectivity index (χ0v) is 12.7. The van der Waals surface area contributed by atoms with E-state index in [4.69, 9.17) is 9.15 Å². The fraction of sp³-hybridized carbons (Fsp3) is 0.200. The Balaban J connectivity index is 2.53. The number of nitrogens with one attached hydrogen (secondary N) is 1. The number of carbonyl (C=O) groups is 2. The molecule has 0 radical (unpaired) electrons. The minimum absolute atomic E-state index is 0.0484. The van der Waals surface area contributed by atoms with Crippen molar-refractivity contribution >= 4 is 17.9 Å². The number of amides is 1. The highest BCUT2D eigenvalue weighted by molar-refractivity contribution is 5.89. The van der Waals surface area contributed by atoms with Gasteiger partial charge in [-0.3, -0.25) is 10.1 Å². The summed E-state index contributed by atoms with van der Waals surface area (Å²) in [5, 5.41) is 12.2. The number of ether oxygens (including phenoxy) is 2. The van der Waals surface area contributed by atoms with E-state index in [2.05, 4.69) is 10.1 Å². The molecule has 0 aliphatic heterocycles. The third-order valence-corrected chi connectivity index (χ3v) is 2.75. The molecule has 0 aliphatic carbocycles. The molecule has 0 bridgehead atoms. The van der Waals surface area contributed by atoms with E-state index in [9.17, 15) is 23.5 Å². The summed E-state index contributed by atoms with van der Waals surface area (Å²) in [7, 11) is 0. The van der Waals surface area contributed by atoms with E-state index < -0.39 is 52.4 Å². The summed E-state index contributed by atoms with van der Waals surface area (Å²) in [5.41, 5.74) is -0.419. The monoisotopic (exact) mass is 341 g/mol. The van der Waals surface area contributed by atoms with Crippen LogP contribution in [-0.2, 0) is 9.53 Å². The molecule has 7 nitrogen and oxygen atoms in total. The lowest BCUT2D eigenvalue weighted by Crippen LogP contribution is -2.14. The number of benzene rings is 1. The molecule has 0 unspecified atom stereocenters. The molecule has 128 valence electrons. The molecule has 2 aromatic rings. The van der Waals surface area contributed by atoms with Gasteiger partial charge in [-0.1, -0.05) is 0 Å². The maximum atomic E-state index is 13.9. The van der Waals surface area contributed by atoms with Gasteiger partial charge >= 0.3 is 12.1 Å². The van der Waals surface area contributed by atoms with E-state index >= 15 is 0 Å². The minimum Gasteiger partial charge on any atom is -0.502 e. The van der Waals surface area contributed by atoms with Crippen molar-refractivity contribution in [3.8, 4) is 22.8 Å². The predicted octanol–water partition coefficient (Wildman–Crippen LogP) is 3.42. The van der Waals surface area contributed by atoms with E-state index in [1.165, 1.54) is 0 Å². The molecule has 1 heterocycles. The Morgan fingerprint density at radius 3 is 2.67 bits per heavy atom. The van der Waals surface area contributed by atoms with E-state index in [1.54, 1.807) is 6.92 Å². The first-order valence-corrected chi connectivity index (χ1v) is 6.76. The molecule has 0 saturated carbocycles. The molecule has 9 heteroatoms. The van der Waals surface area contributed by atoms with Crippen LogP contribution in [0, 0.1) is 11.6 Å². The van der Waals surface area contributed by atoms with Gasteiger partial charge in [0.05, 0.1) is 12.2 Å². The molecular formula is C15H13F2NO6. The number of carbonyl (C=O) groups excluding carboxylic acids is 2. The van der Waals surface area contributed by atoms with Crippen LogP contribution in [0.2, 0.25) is 0 Å². The highest BCUT2D eigenvalue weighted by Crippen LogP contribution is 2.47. The molecule has 0 aliphatic rings. The number of furan rings is 1. The van der Waals surface area contributed by atoms with Gasteiger partial charge in [-0.2, -0.15) is 0 Å². The Kier molecular flexibility index (Phi) is 5.02. The molecule has 2 rings (SSSR count). The highest BCUT2D eigenvalue weighted by atomic mass is 19.1. The number of halogens is 2. The molecule has 1 amide bonds. The van der Waals surface area contributed by atoms with Crippen LogP contribution in [0.3, 0.4) is 0 Å². The standard InChI is InChI=1S/C15H13F2NO6/c1-3-22-15(21)18-14-13(23-7(2)19)11(20)12(24-14)9-6-8(16)4-5-10(9)17/h4-6,20H,3H2,1-2H3,(H,18,21). The molecule has 0 spiro atoms. The zero-order chi connectivity index (χ0) is 17.9. The van der Waals surface area contributed by atoms with Crippen molar-refractivity contribution in [3.05, 3.63) is 29.8 Å². The molecule has 0 atom stereocenters. The first-order chi connectivity index (χ1) is 11.3. The lowest BCUT2D eigenvalue weighted by molar-refractivity contribution is -0.132. The van der Waals surface area contributed by atoms with E-state index in [-0.39, 0.29) is 6.61 Å². The van der Waals surface area contributed by atoms with Crippen LogP contribution in [0.5, 0.6) is 11.5 Å². The average molecular weight is 341 g/mol. The molecule has 0 fully saturated rings. The number of rotatable bonds is 4. The van der Waals surface area contributed by atoms with E-state index in [0.717, 1.165) is 25.1 Å². The fourth-order valence-corrected chi connectivity index (χ4v) is 1.84. The van der Waals surface area contributed by atoms with Gasteiger partial charge in [0, 0.05) is 6.92 Å². The molecule has 24 heavy (non-hydrogen) atoms. The number of anilines is 1. The van der Waals surface area contributed by atoms with Gasteiger partial charge in [-0.25, -0.2) is 13.6 Å². The van der Waals surface area contributed by atoms with Crippen LogP contribution >= 0.6 is 0 Å². The van der Waals surface area contributed by atoms with Gasteiger partial charge in [0.1, 0.15) is 11.6 Å². The lowest BCUT2D eigenvalue weighted by atomic mass is 10.1.